The van der Waals surface area contributed by atoms with Crippen molar-refractivity contribution in [2.75, 3.05) is 13.1 Å². The first-order valence-electron chi connectivity index (χ1n) is 6.91. The quantitative estimate of drug-likeness (QED) is 0.869. The maximum absolute atomic E-state index is 12.5. The number of benzene rings is 1. The minimum atomic E-state index is -4.78. The molecule has 0 aliphatic carbocycles. The van der Waals surface area contributed by atoms with Crippen LogP contribution >= 0.6 is 0 Å². The van der Waals surface area contributed by atoms with Crippen LogP contribution in [0, 0.1) is 0 Å². The van der Waals surface area contributed by atoms with E-state index in [1.54, 1.807) is 19.9 Å². The predicted octanol–water partition coefficient (Wildman–Crippen LogP) is 3.74. The summed E-state index contributed by atoms with van der Waals surface area (Å²) in [6, 6.07) is 5.70. The highest BCUT2D eigenvalue weighted by molar-refractivity contribution is 5.36. The van der Waals surface area contributed by atoms with Gasteiger partial charge in [-0.3, -0.25) is 4.90 Å². The predicted molar refractivity (Wildman–Crippen MR) is 75.1 cm³/mol. The smallest absolute Gasteiger partial charge is 0.405 e. The summed E-state index contributed by atoms with van der Waals surface area (Å²) in [7, 11) is 0. The Morgan fingerprint density at radius 3 is 2.14 bits per heavy atom. The molecule has 3 nitrogen and oxygen atoms in total. The minimum Gasteiger partial charge on any atom is -0.405 e. The normalized spacial score (nSPS) is 14.3. The number of halogens is 3. The van der Waals surface area contributed by atoms with Gasteiger partial charge < -0.3 is 9.84 Å². The monoisotopic (exact) mass is 305 g/mol. The van der Waals surface area contributed by atoms with Crippen molar-refractivity contribution >= 4 is 0 Å². The molecule has 0 bridgehead atoms. The molecule has 1 aromatic carbocycles. The molecule has 0 heterocycles. The first-order chi connectivity index (χ1) is 9.63. The van der Waals surface area contributed by atoms with Gasteiger partial charge in [-0.1, -0.05) is 32.0 Å². The van der Waals surface area contributed by atoms with Crippen molar-refractivity contribution in [3.05, 3.63) is 29.8 Å². The van der Waals surface area contributed by atoms with E-state index in [-0.39, 0.29) is 11.3 Å². The largest absolute Gasteiger partial charge is 0.573 e. The zero-order chi connectivity index (χ0) is 16.3. The second kappa shape index (κ2) is 6.66. The molecule has 0 spiro atoms. The van der Waals surface area contributed by atoms with Crippen molar-refractivity contribution in [2.24, 2.45) is 0 Å². The maximum atomic E-state index is 12.5. The third-order valence-electron chi connectivity index (χ3n) is 3.69. The van der Waals surface area contributed by atoms with E-state index in [2.05, 4.69) is 4.74 Å². The molecule has 21 heavy (non-hydrogen) atoms. The summed E-state index contributed by atoms with van der Waals surface area (Å²) >= 11 is 0. The molecule has 1 atom stereocenters. The summed E-state index contributed by atoms with van der Waals surface area (Å²) in [5, 5.41) is 10.6. The lowest BCUT2D eigenvalue weighted by molar-refractivity contribution is -0.275. The van der Waals surface area contributed by atoms with Crippen LogP contribution in [0.25, 0.3) is 0 Å². The number of para-hydroxylation sites is 1. The topological polar surface area (TPSA) is 32.7 Å². The van der Waals surface area contributed by atoms with Crippen LogP contribution in [-0.2, 0) is 0 Å². The molecule has 0 saturated heterocycles. The highest BCUT2D eigenvalue weighted by Crippen LogP contribution is 2.37. The van der Waals surface area contributed by atoms with Gasteiger partial charge in [0.2, 0.25) is 0 Å². The molecule has 0 aliphatic rings. The zero-order valence-corrected chi connectivity index (χ0v) is 12.7. The Hall–Kier alpha value is -1.27. The zero-order valence-electron chi connectivity index (χ0n) is 12.7. The molecule has 0 amide bonds. The van der Waals surface area contributed by atoms with Gasteiger partial charge in [0.15, 0.2) is 0 Å². The SMILES string of the molecule is CCN(CC)C(C)(C)C(O)c1ccccc1OC(F)(F)F. The number of ether oxygens (including phenoxy) is 1. The van der Waals surface area contributed by atoms with Gasteiger partial charge in [-0.15, -0.1) is 13.2 Å². The number of nitrogens with zero attached hydrogens (tertiary/aromatic N) is 1. The summed E-state index contributed by atoms with van der Waals surface area (Å²) in [6.07, 6.45) is -5.88. The fourth-order valence-corrected chi connectivity index (χ4v) is 2.52. The maximum Gasteiger partial charge on any atom is 0.573 e. The van der Waals surface area contributed by atoms with E-state index in [1.165, 1.54) is 18.2 Å². The van der Waals surface area contributed by atoms with Crippen molar-refractivity contribution in [1.82, 2.24) is 4.90 Å². The second-order valence-corrected chi connectivity index (χ2v) is 5.31. The van der Waals surface area contributed by atoms with Gasteiger partial charge in [0, 0.05) is 11.1 Å². The van der Waals surface area contributed by atoms with Gasteiger partial charge in [0.1, 0.15) is 11.9 Å². The van der Waals surface area contributed by atoms with Crippen LogP contribution in [0.3, 0.4) is 0 Å². The molecule has 0 radical (unpaired) electrons. The van der Waals surface area contributed by atoms with E-state index in [0.717, 1.165) is 0 Å². The highest BCUT2D eigenvalue weighted by atomic mass is 19.4. The molecule has 120 valence electrons. The molecular formula is C15H22F3NO2. The van der Waals surface area contributed by atoms with Gasteiger partial charge in [-0.2, -0.15) is 0 Å². The van der Waals surface area contributed by atoms with E-state index in [9.17, 15) is 18.3 Å². The van der Waals surface area contributed by atoms with E-state index < -0.39 is 18.0 Å². The molecule has 0 saturated carbocycles. The number of alkyl halides is 3. The average molecular weight is 305 g/mol. The van der Waals surface area contributed by atoms with Crippen LogP contribution in [0.2, 0.25) is 0 Å². The number of hydrogen-bond acceptors (Lipinski definition) is 3. The molecule has 0 fully saturated rings. The highest BCUT2D eigenvalue weighted by Gasteiger charge is 2.38. The Kier molecular flexibility index (Phi) is 5.64. The van der Waals surface area contributed by atoms with Crippen molar-refractivity contribution in [2.45, 2.75) is 45.7 Å². The van der Waals surface area contributed by atoms with Crippen molar-refractivity contribution in [3.8, 4) is 5.75 Å². The third kappa shape index (κ3) is 4.35. The van der Waals surface area contributed by atoms with E-state index in [0.29, 0.717) is 13.1 Å². The van der Waals surface area contributed by atoms with Gasteiger partial charge >= 0.3 is 6.36 Å². The molecule has 1 unspecified atom stereocenters. The second-order valence-electron chi connectivity index (χ2n) is 5.31. The van der Waals surface area contributed by atoms with E-state index in [1.807, 2.05) is 18.7 Å². The van der Waals surface area contributed by atoms with Gasteiger partial charge in [0.05, 0.1) is 0 Å². The van der Waals surface area contributed by atoms with Crippen LogP contribution in [0.15, 0.2) is 24.3 Å². The summed E-state index contributed by atoms with van der Waals surface area (Å²) in [4.78, 5) is 1.99. The van der Waals surface area contributed by atoms with Gasteiger partial charge in [-0.25, -0.2) is 0 Å². The number of likely N-dealkylation sites (N-methyl/N-ethyl adjacent to an activating group) is 1. The minimum absolute atomic E-state index is 0.131. The summed E-state index contributed by atoms with van der Waals surface area (Å²) in [6.45, 7) is 8.85. The Bertz CT molecular complexity index is 456. The molecule has 0 aliphatic heterocycles. The lowest BCUT2D eigenvalue weighted by Crippen LogP contribution is -2.48. The van der Waals surface area contributed by atoms with Crippen LogP contribution in [0.4, 0.5) is 13.2 Å². The summed E-state index contributed by atoms with van der Waals surface area (Å²) in [5.41, 5.74) is -0.583. The Balaban J connectivity index is 3.15. The van der Waals surface area contributed by atoms with Crippen molar-refractivity contribution in [1.29, 1.82) is 0 Å². The van der Waals surface area contributed by atoms with E-state index in [4.69, 9.17) is 0 Å². The average Bonchev–Trinajstić information content (AvgIpc) is 2.37. The molecule has 1 rings (SSSR count). The Morgan fingerprint density at radius 1 is 1.14 bits per heavy atom. The summed E-state index contributed by atoms with van der Waals surface area (Å²) < 4.78 is 41.4. The standard InChI is InChI=1S/C15H22F3NO2/c1-5-19(6-2)14(3,4)13(20)11-9-7-8-10-12(11)21-15(16,17)18/h7-10,13,20H,5-6H2,1-4H3. The molecule has 6 heteroatoms. The molecule has 1 N–H and O–H groups in total. The fourth-order valence-electron chi connectivity index (χ4n) is 2.52. The third-order valence-corrected chi connectivity index (χ3v) is 3.69. The van der Waals surface area contributed by atoms with Gasteiger partial charge in [-0.05, 0) is 33.0 Å². The van der Waals surface area contributed by atoms with Crippen LogP contribution < -0.4 is 4.74 Å². The Labute approximate surface area is 123 Å². The first-order valence-corrected chi connectivity index (χ1v) is 6.91. The molecule has 0 aromatic heterocycles. The number of rotatable bonds is 6. The molecular weight excluding hydrogens is 283 g/mol. The lowest BCUT2D eigenvalue weighted by atomic mass is 9.89. The Morgan fingerprint density at radius 2 is 1.67 bits per heavy atom. The van der Waals surface area contributed by atoms with Crippen LogP contribution in [0.5, 0.6) is 5.75 Å². The first kappa shape index (κ1) is 17.8. The summed E-state index contributed by atoms with van der Waals surface area (Å²) in [5.74, 6) is -0.363. The van der Waals surface area contributed by atoms with Crippen molar-refractivity contribution in [3.63, 3.8) is 0 Å². The van der Waals surface area contributed by atoms with Gasteiger partial charge in [0.25, 0.3) is 0 Å². The van der Waals surface area contributed by atoms with Crippen LogP contribution in [-0.4, -0.2) is 35.0 Å². The number of hydrogen-bond donors (Lipinski definition) is 1. The van der Waals surface area contributed by atoms with Crippen LogP contribution in [0.1, 0.15) is 39.4 Å². The fraction of sp³-hybridized carbons (Fsp3) is 0.600. The number of aliphatic hydroxyl groups is 1. The molecule has 1 aromatic rings. The van der Waals surface area contributed by atoms with Crippen molar-refractivity contribution < 1.29 is 23.0 Å². The van der Waals surface area contributed by atoms with E-state index >= 15 is 0 Å². The number of aliphatic hydroxyl groups excluding tert-OH is 1. The lowest BCUT2D eigenvalue weighted by Gasteiger charge is -2.41.